The number of anilines is 1. The molecule has 0 aliphatic rings. The topological polar surface area (TPSA) is 64.9 Å². The highest BCUT2D eigenvalue weighted by molar-refractivity contribution is 5.33. The third kappa shape index (κ3) is 4.44. The second kappa shape index (κ2) is 8.10. The summed E-state index contributed by atoms with van der Waals surface area (Å²) in [5.41, 5.74) is 3.51. The molecule has 0 atom stereocenters. The van der Waals surface area contributed by atoms with Crippen LogP contribution in [0.5, 0.6) is 5.75 Å². The van der Waals surface area contributed by atoms with Crippen LogP contribution in [0.4, 0.5) is 5.95 Å². The number of rotatable bonds is 8. The molecule has 128 valence electrons. The molecule has 0 saturated heterocycles. The molecule has 0 bridgehead atoms. The fraction of sp³-hybridized carbons (Fsp3) is 0.211. The molecule has 0 saturated carbocycles. The molecule has 1 heterocycles. The summed E-state index contributed by atoms with van der Waals surface area (Å²) in [7, 11) is 0. The molecule has 0 fully saturated rings. The number of aryl methyl sites for hydroxylation is 1. The van der Waals surface area contributed by atoms with Gasteiger partial charge in [0.15, 0.2) is 0 Å². The molecule has 0 amide bonds. The van der Waals surface area contributed by atoms with Gasteiger partial charge in [0.2, 0.25) is 5.95 Å². The van der Waals surface area contributed by atoms with Gasteiger partial charge in [0.1, 0.15) is 12.4 Å². The van der Waals surface area contributed by atoms with Crippen molar-refractivity contribution in [3.05, 3.63) is 77.9 Å². The first-order valence-corrected chi connectivity index (χ1v) is 8.13. The molecule has 6 heteroatoms. The summed E-state index contributed by atoms with van der Waals surface area (Å²) in [5, 5.41) is 14.8. The third-order valence-electron chi connectivity index (χ3n) is 3.84. The van der Waals surface area contributed by atoms with Gasteiger partial charge in [-0.3, -0.25) is 0 Å². The zero-order valence-corrected chi connectivity index (χ0v) is 14.2. The van der Waals surface area contributed by atoms with Crippen molar-refractivity contribution in [2.75, 3.05) is 5.32 Å². The Morgan fingerprint density at radius 1 is 1.20 bits per heavy atom. The summed E-state index contributed by atoms with van der Waals surface area (Å²) in [6.07, 6.45) is 1.75. The van der Waals surface area contributed by atoms with Gasteiger partial charge in [-0.25, -0.2) is 4.68 Å². The minimum Gasteiger partial charge on any atom is -0.489 e. The zero-order valence-electron chi connectivity index (χ0n) is 14.2. The van der Waals surface area contributed by atoms with E-state index in [9.17, 15) is 0 Å². The highest BCUT2D eigenvalue weighted by Crippen LogP contribution is 2.17. The summed E-state index contributed by atoms with van der Waals surface area (Å²) in [6, 6.07) is 16.2. The Morgan fingerprint density at radius 2 is 2.08 bits per heavy atom. The first kappa shape index (κ1) is 16.7. The molecule has 0 aliphatic carbocycles. The van der Waals surface area contributed by atoms with Gasteiger partial charge in [0.05, 0.1) is 6.54 Å². The van der Waals surface area contributed by atoms with Crippen LogP contribution in [-0.2, 0) is 19.7 Å². The Labute approximate surface area is 147 Å². The average molecular weight is 335 g/mol. The number of allylic oxidation sites excluding steroid dienone is 1. The monoisotopic (exact) mass is 335 g/mol. The SMILES string of the molecule is C=CCn1nnnc1NCc1cccc(OCc2ccccc2C)c1. The number of hydrogen-bond acceptors (Lipinski definition) is 5. The van der Waals surface area contributed by atoms with E-state index in [1.54, 1.807) is 10.8 Å². The summed E-state index contributed by atoms with van der Waals surface area (Å²) in [4.78, 5) is 0. The van der Waals surface area contributed by atoms with Crippen molar-refractivity contribution in [3.8, 4) is 5.75 Å². The smallest absolute Gasteiger partial charge is 0.243 e. The number of nitrogens with one attached hydrogen (secondary N) is 1. The molecule has 1 N–H and O–H groups in total. The van der Waals surface area contributed by atoms with Gasteiger partial charge in [-0.1, -0.05) is 47.6 Å². The number of tetrazole rings is 1. The van der Waals surface area contributed by atoms with Crippen LogP contribution in [0.2, 0.25) is 0 Å². The number of benzene rings is 2. The van der Waals surface area contributed by atoms with Crippen LogP contribution in [0, 0.1) is 6.92 Å². The average Bonchev–Trinajstić information content (AvgIpc) is 3.07. The normalized spacial score (nSPS) is 10.4. The van der Waals surface area contributed by atoms with Gasteiger partial charge >= 0.3 is 0 Å². The molecule has 0 spiro atoms. The van der Waals surface area contributed by atoms with E-state index >= 15 is 0 Å². The first-order valence-electron chi connectivity index (χ1n) is 8.13. The molecule has 2 aromatic carbocycles. The van der Waals surface area contributed by atoms with Crippen molar-refractivity contribution in [2.45, 2.75) is 26.6 Å². The minimum absolute atomic E-state index is 0.557. The highest BCUT2D eigenvalue weighted by Gasteiger charge is 2.05. The van der Waals surface area contributed by atoms with E-state index in [1.165, 1.54) is 11.1 Å². The molecule has 0 radical (unpaired) electrons. The predicted molar refractivity (Wildman–Crippen MR) is 97.3 cm³/mol. The zero-order chi connectivity index (χ0) is 17.5. The highest BCUT2D eigenvalue weighted by atomic mass is 16.5. The van der Waals surface area contributed by atoms with E-state index in [-0.39, 0.29) is 0 Å². The van der Waals surface area contributed by atoms with Crippen LogP contribution in [0.3, 0.4) is 0 Å². The van der Waals surface area contributed by atoms with Crippen LogP contribution in [-0.4, -0.2) is 20.2 Å². The van der Waals surface area contributed by atoms with Crippen molar-refractivity contribution >= 4 is 5.95 Å². The van der Waals surface area contributed by atoms with E-state index in [2.05, 4.69) is 46.5 Å². The molecule has 25 heavy (non-hydrogen) atoms. The molecule has 6 nitrogen and oxygen atoms in total. The number of aromatic nitrogens is 4. The largest absolute Gasteiger partial charge is 0.489 e. The molecular weight excluding hydrogens is 314 g/mol. The molecular formula is C19H21N5O. The summed E-state index contributed by atoms with van der Waals surface area (Å²) in [6.45, 7) is 7.52. The van der Waals surface area contributed by atoms with Gasteiger partial charge in [-0.05, 0) is 46.2 Å². The lowest BCUT2D eigenvalue weighted by atomic mass is 10.1. The van der Waals surface area contributed by atoms with Crippen molar-refractivity contribution in [1.29, 1.82) is 0 Å². The Balaban J connectivity index is 1.60. The molecule has 3 rings (SSSR count). The summed E-state index contributed by atoms with van der Waals surface area (Å²) < 4.78 is 7.58. The molecule has 0 aliphatic heterocycles. The summed E-state index contributed by atoms with van der Waals surface area (Å²) in [5.74, 6) is 1.46. The van der Waals surface area contributed by atoms with Crippen molar-refractivity contribution < 1.29 is 4.74 Å². The van der Waals surface area contributed by atoms with E-state index in [0.717, 1.165) is 11.3 Å². The predicted octanol–water partition coefficient (Wildman–Crippen LogP) is 3.36. The van der Waals surface area contributed by atoms with Crippen molar-refractivity contribution in [1.82, 2.24) is 20.2 Å². The fourth-order valence-corrected chi connectivity index (χ4v) is 2.44. The van der Waals surface area contributed by atoms with Crippen LogP contribution in [0.1, 0.15) is 16.7 Å². The Bertz CT molecular complexity index is 843. The fourth-order valence-electron chi connectivity index (χ4n) is 2.44. The number of nitrogens with zero attached hydrogens (tertiary/aromatic N) is 4. The Kier molecular flexibility index (Phi) is 5.41. The van der Waals surface area contributed by atoms with Gasteiger partial charge in [0.25, 0.3) is 0 Å². The van der Waals surface area contributed by atoms with Crippen LogP contribution >= 0.6 is 0 Å². The Morgan fingerprint density at radius 3 is 2.92 bits per heavy atom. The summed E-state index contributed by atoms with van der Waals surface area (Å²) >= 11 is 0. The van der Waals surface area contributed by atoms with E-state index < -0.39 is 0 Å². The van der Waals surface area contributed by atoms with E-state index in [1.807, 2.05) is 36.4 Å². The second-order valence-electron chi connectivity index (χ2n) is 5.69. The van der Waals surface area contributed by atoms with Gasteiger partial charge in [0, 0.05) is 6.54 Å². The van der Waals surface area contributed by atoms with Crippen molar-refractivity contribution in [3.63, 3.8) is 0 Å². The standard InChI is InChI=1S/C19H21N5O/c1-3-11-24-19(21-22-23-24)20-13-16-8-6-10-18(12-16)25-14-17-9-5-4-7-15(17)2/h3-10,12H,1,11,13-14H2,2H3,(H,20,21,23). The molecule has 1 aromatic heterocycles. The van der Waals surface area contributed by atoms with E-state index in [4.69, 9.17) is 4.74 Å². The van der Waals surface area contributed by atoms with Crippen molar-refractivity contribution in [2.24, 2.45) is 0 Å². The quantitative estimate of drug-likeness (QED) is 0.640. The third-order valence-corrected chi connectivity index (χ3v) is 3.84. The van der Waals surface area contributed by atoms with Crippen LogP contribution < -0.4 is 10.1 Å². The lowest BCUT2D eigenvalue weighted by Gasteiger charge is -2.10. The number of hydrogen-bond donors (Lipinski definition) is 1. The van der Waals surface area contributed by atoms with Gasteiger partial charge in [-0.15, -0.1) is 6.58 Å². The maximum Gasteiger partial charge on any atom is 0.243 e. The van der Waals surface area contributed by atoms with Crippen LogP contribution in [0.25, 0.3) is 0 Å². The molecule has 3 aromatic rings. The maximum atomic E-state index is 5.93. The van der Waals surface area contributed by atoms with E-state index in [0.29, 0.717) is 25.6 Å². The minimum atomic E-state index is 0.557. The lowest BCUT2D eigenvalue weighted by Crippen LogP contribution is -2.08. The Hall–Kier alpha value is -3.15. The van der Waals surface area contributed by atoms with Gasteiger partial charge < -0.3 is 10.1 Å². The second-order valence-corrected chi connectivity index (χ2v) is 5.69. The maximum absolute atomic E-state index is 5.93. The number of ether oxygens (including phenoxy) is 1. The van der Waals surface area contributed by atoms with Crippen LogP contribution in [0.15, 0.2) is 61.2 Å². The first-order chi connectivity index (χ1) is 12.3. The van der Waals surface area contributed by atoms with Gasteiger partial charge in [-0.2, -0.15) is 0 Å². The lowest BCUT2D eigenvalue weighted by molar-refractivity contribution is 0.305. The molecule has 0 unspecified atom stereocenters.